The molecule has 0 radical (unpaired) electrons. The molecule has 3 aliphatic rings. The first-order chi connectivity index (χ1) is 30.9. The number of carbonyl (C=O) groups excluding carboxylic acids is 2. The number of piperidine rings is 1. The van der Waals surface area contributed by atoms with Gasteiger partial charge in [-0.05, 0) is 82.2 Å². The van der Waals surface area contributed by atoms with Crippen LogP contribution in [0.25, 0.3) is 0 Å². The van der Waals surface area contributed by atoms with Gasteiger partial charge in [0.25, 0.3) is 5.91 Å². The Hall–Kier alpha value is -4.95. The number of carbonyl (C=O) groups is 2. The Bertz CT molecular complexity index is 2140. The predicted octanol–water partition coefficient (Wildman–Crippen LogP) is 10.1. The molecule has 0 aromatic heterocycles. The van der Waals surface area contributed by atoms with Gasteiger partial charge in [0.15, 0.2) is 6.61 Å². The average molecular weight is 896 g/mol. The third-order valence-corrected chi connectivity index (χ3v) is 19.3. The van der Waals surface area contributed by atoms with Crippen molar-refractivity contribution in [2.45, 2.75) is 108 Å². The van der Waals surface area contributed by atoms with Gasteiger partial charge in [0.1, 0.15) is 30.0 Å². The molecule has 0 aliphatic carbocycles. The van der Waals surface area contributed by atoms with Crippen molar-refractivity contribution < 1.29 is 42.1 Å². The molecule has 4 aromatic rings. The number of amides is 2. The molecule has 64 heavy (non-hydrogen) atoms. The highest BCUT2D eigenvalue weighted by molar-refractivity contribution is 6.77. The van der Waals surface area contributed by atoms with Gasteiger partial charge < -0.3 is 42.8 Å². The lowest BCUT2D eigenvalue weighted by Gasteiger charge is -2.50. The number of hydrogen-bond acceptors (Lipinski definition) is 9. The molecule has 0 spiro atoms. The highest BCUT2D eigenvalue weighted by Gasteiger charge is 2.51. The third-order valence-electron chi connectivity index (χ3n) is 13.2. The first-order valence-electron chi connectivity index (χ1n) is 22.9. The summed E-state index contributed by atoms with van der Waals surface area (Å²) in [5.74, 6) is 0.800. The molecule has 2 fully saturated rings. The molecule has 3 aliphatic heterocycles. The van der Waals surface area contributed by atoms with E-state index in [1.165, 1.54) is 6.07 Å². The van der Waals surface area contributed by atoms with Gasteiger partial charge in [-0.25, -0.2) is 9.18 Å². The van der Waals surface area contributed by atoms with Crippen molar-refractivity contribution in [3.8, 4) is 11.5 Å². The summed E-state index contributed by atoms with van der Waals surface area (Å²) in [6.07, 6.45) is 0.149. The Morgan fingerprint density at radius 2 is 1.56 bits per heavy atom. The first-order valence-corrected chi connectivity index (χ1v) is 25.1. The summed E-state index contributed by atoms with van der Waals surface area (Å²) in [5, 5.41) is 0. The fraction of sp³-hybridized carbons (Fsp3) is 0.490. The summed E-state index contributed by atoms with van der Waals surface area (Å²) in [5.41, 5.74) is 5.27. The fourth-order valence-corrected chi connectivity index (χ4v) is 15.7. The van der Waals surface area contributed by atoms with Crippen molar-refractivity contribution in [2.75, 3.05) is 62.8 Å². The minimum atomic E-state index is -2.51. The van der Waals surface area contributed by atoms with E-state index in [0.29, 0.717) is 60.7 Å². The maximum absolute atomic E-state index is 14.1. The maximum Gasteiger partial charge on any atom is 0.410 e. The number of halogens is 1. The van der Waals surface area contributed by atoms with Gasteiger partial charge in [0, 0.05) is 51.4 Å². The van der Waals surface area contributed by atoms with Crippen LogP contribution < -0.4 is 19.3 Å². The molecule has 4 aromatic carbocycles. The van der Waals surface area contributed by atoms with Crippen LogP contribution in [0.2, 0.25) is 16.6 Å². The number of methoxy groups -OCH3 is 1. The number of anilines is 2. The normalized spacial score (nSPS) is 20.2. The van der Waals surface area contributed by atoms with E-state index in [4.69, 9.17) is 28.1 Å². The molecule has 7 rings (SSSR count). The topological polar surface area (TPSA) is 99.2 Å². The zero-order chi connectivity index (χ0) is 45.4. The highest BCUT2D eigenvalue weighted by atomic mass is 28.4. The van der Waals surface area contributed by atoms with Crippen LogP contribution in [-0.2, 0) is 36.6 Å². The lowest BCUT2D eigenvalue weighted by Crippen LogP contribution is -2.59. The van der Waals surface area contributed by atoms with Gasteiger partial charge in [-0.15, -0.1) is 0 Å². The van der Waals surface area contributed by atoms with Gasteiger partial charge in [-0.3, -0.25) is 4.79 Å². The van der Waals surface area contributed by atoms with Gasteiger partial charge in [0.2, 0.25) is 8.32 Å². The van der Waals surface area contributed by atoms with Crippen LogP contribution in [0.5, 0.6) is 11.5 Å². The van der Waals surface area contributed by atoms with Crippen molar-refractivity contribution in [3.05, 3.63) is 120 Å². The highest BCUT2D eigenvalue weighted by Crippen LogP contribution is 2.46. The number of nitrogens with zero attached hydrogens (tertiary/aromatic N) is 3. The Labute approximate surface area is 379 Å². The first kappa shape index (κ1) is 47.0. The predicted molar refractivity (Wildman–Crippen MR) is 250 cm³/mol. The zero-order valence-electron chi connectivity index (χ0n) is 38.5. The van der Waals surface area contributed by atoms with E-state index in [1.807, 2.05) is 66.7 Å². The second kappa shape index (κ2) is 21.4. The molecule has 344 valence electrons. The van der Waals surface area contributed by atoms with E-state index in [1.54, 1.807) is 29.0 Å². The molecular formula is C51H66FN3O8Si. The summed E-state index contributed by atoms with van der Waals surface area (Å²) in [7, 11) is -0.852. The van der Waals surface area contributed by atoms with E-state index in [0.717, 1.165) is 41.1 Å². The second-order valence-corrected chi connectivity index (χ2v) is 23.7. The molecule has 11 nitrogen and oxygen atoms in total. The van der Waals surface area contributed by atoms with E-state index >= 15 is 0 Å². The molecule has 4 unspecified atom stereocenters. The van der Waals surface area contributed by atoms with E-state index < -0.39 is 26.6 Å². The van der Waals surface area contributed by atoms with Crippen LogP contribution in [0.4, 0.5) is 20.6 Å². The van der Waals surface area contributed by atoms with Crippen molar-refractivity contribution in [3.63, 3.8) is 0 Å². The summed E-state index contributed by atoms with van der Waals surface area (Å²) in [4.78, 5) is 32.9. The molecule has 2 amide bonds. The summed E-state index contributed by atoms with van der Waals surface area (Å²) in [6.45, 7) is 17.1. The number of fused-ring (bicyclic) bond motifs is 1. The number of benzene rings is 4. The fourth-order valence-electron chi connectivity index (χ4n) is 10.1. The van der Waals surface area contributed by atoms with Gasteiger partial charge >= 0.3 is 6.09 Å². The molecule has 3 heterocycles. The molecule has 13 heteroatoms. The van der Waals surface area contributed by atoms with E-state index in [9.17, 15) is 14.0 Å². The number of hydrogen-bond donors (Lipinski definition) is 0. The third kappa shape index (κ3) is 10.9. The van der Waals surface area contributed by atoms with Gasteiger partial charge in [-0.2, -0.15) is 0 Å². The standard InChI is InChI=1S/C51H66FN3O8Si/c1-35(2)64(36(3)4,37(5)6)63-48-31-54(51(57)61-32-38-13-9-8-10-14-38)30-47(59-33-39-17-22-46-45(27-39)55(24-12-26-58-7)49(56)34-60-46)50(48)40-18-20-43(21-19-40)62-44-23-25-53(29-44)42-16-11-15-41(52)28-42/h8-11,13-22,27-28,35-37,44,47-48,50H,12,23-26,29-34H2,1-7H3. The summed E-state index contributed by atoms with van der Waals surface area (Å²) < 4.78 is 52.3. The number of likely N-dealkylation sites (tertiary alicyclic amines) is 1. The van der Waals surface area contributed by atoms with Crippen LogP contribution in [0.15, 0.2) is 97.1 Å². The van der Waals surface area contributed by atoms with Gasteiger partial charge in [-0.1, -0.05) is 96.1 Å². The Morgan fingerprint density at radius 3 is 2.27 bits per heavy atom. The van der Waals surface area contributed by atoms with Crippen molar-refractivity contribution in [1.29, 1.82) is 0 Å². The van der Waals surface area contributed by atoms with E-state index in [2.05, 4.69) is 58.6 Å². The molecule has 2 saturated heterocycles. The monoisotopic (exact) mass is 895 g/mol. The summed E-state index contributed by atoms with van der Waals surface area (Å²) in [6, 6.07) is 30.5. The van der Waals surface area contributed by atoms with Crippen molar-refractivity contribution in [2.24, 2.45) is 0 Å². The van der Waals surface area contributed by atoms with Crippen LogP contribution >= 0.6 is 0 Å². The molecule has 0 saturated carbocycles. The quantitative estimate of drug-likeness (QED) is 0.0714. The lowest BCUT2D eigenvalue weighted by molar-refractivity contribution is -0.121. The molecule has 0 N–H and O–H groups in total. The molecule has 4 atom stereocenters. The van der Waals surface area contributed by atoms with Crippen molar-refractivity contribution in [1.82, 2.24) is 4.90 Å². The van der Waals surface area contributed by atoms with Crippen LogP contribution in [-0.4, -0.2) is 96.6 Å². The average Bonchev–Trinajstić information content (AvgIpc) is 3.76. The SMILES string of the molecule is COCCCN1C(=O)COc2ccc(COC3CN(C(=O)OCc4ccccc4)CC(O[Si](C(C)C)(C(C)C)C(C)C)C3c3ccc(OC4CCN(c5cccc(F)c5)C4)cc3)cc21. The molecular weight excluding hydrogens is 830 g/mol. The maximum atomic E-state index is 14.1. The smallest absolute Gasteiger partial charge is 0.410 e. The Kier molecular flexibility index (Phi) is 15.7. The minimum Gasteiger partial charge on any atom is -0.489 e. The second-order valence-electron chi connectivity index (χ2n) is 18.3. The minimum absolute atomic E-state index is 0.0110. The van der Waals surface area contributed by atoms with E-state index in [-0.39, 0.29) is 50.1 Å². The van der Waals surface area contributed by atoms with Gasteiger partial charge in [0.05, 0.1) is 37.6 Å². The van der Waals surface area contributed by atoms with Crippen LogP contribution in [0, 0.1) is 5.82 Å². The molecule has 0 bridgehead atoms. The van der Waals surface area contributed by atoms with Crippen LogP contribution in [0.1, 0.15) is 77.0 Å². The zero-order valence-corrected chi connectivity index (χ0v) is 39.5. The van der Waals surface area contributed by atoms with Crippen molar-refractivity contribution >= 4 is 31.7 Å². The summed E-state index contributed by atoms with van der Waals surface area (Å²) >= 11 is 0. The Morgan fingerprint density at radius 1 is 0.828 bits per heavy atom. The number of rotatable bonds is 18. The largest absolute Gasteiger partial charge is 0.489 e. The Balaban J connectivity index is 1.19. The van der Waals surface area contributed by atoms with Crippen LogP contribution in [0.3, 0.4) is 0 Å². The lowest BCUT2D eigenvalue weighted by atomic mass is 9.84. The number of ether oxygens (including phenoxy) is 5.